The van der Waals surface area contributed by atoms with E-state index in [1.165, 1.54) is 46.4 Å². The SMILES string of the molecule is O=C(O)CC(c1ccc(C2CCSC2)c(Br)c1)C1CC1. The van der Waals surface area contributed by atoms with Crippen LogP contribution in [0.25, 0.3) is 0 Å². The van der Waals surface area contributed by atoms with Crippen molar-refractivity contribution in [1.29, 1.82) is 0 Å². The number of carboxylic acids is 1. The molecule has 108 valence electrons. The number of benzene rings is 1. The Morgan fingerprint density at radius 1 is 1.40 bits per heavy atom. The maximum Gasteiger partial charge on any atom is 0.303 e. The minimum absolute atomic E-state index is 0.191. The summed E-state index contributed by atoms with van der Waals surface area (Å²) in [5.74, 6) is 3.19. The van der Waals surface area contributed by atoms with Crippen molar-refractivity contribution in [2.75, 3.05) is 11.5 Å². The molecule has 1 saturated carbocycles. The van der Waals surface area contributed by atoms with E-state index in [1.807, 2.05) is 11.8 Å². The summed E-state index contributed by atoms with van der Waals surface area (Å²) in [6, 6.07) is 6.55. The minimum atomic E-state index is -0.686. The van der Waals surface area contributed by atoms with E-state index in [0.29, 0.717) is 11.8 Å². The zero-order valence-corrected chi connectivity index (χ0v) is 13.8. The first-order valence-electron chi connectivity index (χ1n) is 7.24. The highest BCUT2D eigenvalue weighted by atomic mass is 79.9. The summed E-state index contributed by atoms with van der Waals surface area (Å²) >= 11 is 5.73. The largest absolute Gasteiger partial charge is 0.481 e. The average molecular weight is 355 g/mol. The lowest BCUT2D eigenvalue weighted by molar-refractivity contribution is -0.137. The third-order valence-electron chi connectivity index (χ3n) is 4.41. The van der Waals surface area contributed by atoms with E-state index in [1.54, 1.807) is 0 Å². The number of rotatable bonds is 5. The molecule has 3 rings (SSSR count). The Bertz CT molecular complexity index is 507. The molecule has 1 saturated heterocycles. The molecule has 0 amide bonds. The fraction of sp³-hybridized carbons (Fsp3) is 0.562. The molecule has 2 nitrogen and oxygen atoms in total. The first-order valence-corrected chi connectivity index (χ1v) is 9.19. The molecule has 2 fully saturated rings. The highest BCUT2D eigenvalue weighted by Crippen LogP contribution is 2.46. The van der Waals surface area contributed by atoms with Gasteiger partial charge in [-0.05, 0) is 60.0 Å². The van der Waals surface area contributed by atoms with Crippen molar-refractivity contribution >= 4 is 33.7 Å². The van der Waals surface area contributed by atoms with E-state index >= 15 is 0 Å². The maximum atomic E-state index is 11.1. The fourth-order valence-electron chi connectivity index (χ4n) is 3.13. The highest BCUT2D eigenvalue weighted by molar-refractivity contribution is 9.10. The molecule has 0 spiro atoms. The molecule has 2 aliphatic rings. The van der Waals surface area contributed by atoms with Crippen LogP contribution >= 0.6 is 27.7 Å². The zero-order chi connectivity index (χ0) is 14.1. The second-order valence-corrected chi connectivity index (χ2v) is 7.89. The number of hydrogen-bond donors (Lipinski definition) is 1. The molecule has 0 radical (unpaired) electrons. The van der Waals surface area contributed by atoms with Gasteiger partial charge in [0.05, 0.1) is 6.42 Å². The summed E-state index contributed by atoms with van der Waals surface area (Å²) in [4.78, 5) is 11.1. The normalized spacial score (nSPS) is 23.8. The van der Waals surface area contributed by atoms with Gasteiger partial charge in [0.25, 0.3) is 0 Å². The first kappa shape index (κ1) is 14.5. The van der Waals surface area contributed by atoms with Gasteiger partial charge in [-0.1, -0.05) is 28.1 Å². The molecule has 2 atom stereocenters. The van der Waals surface area contributed by atoms with Gasteiger partial charge in [-0.3, -0.25) is 4.79 Å². The Labute approximate surface area is 132 Å². The number of hydrogen-bond acceptors (Lipinski definition) is 2. The van der Waals surface area contributed by atoms with Crippen molar-refractivity contribution < 1.29 is 9.90 Å². The predicted molar refractivity (Wildman–Crippen MR) is 86.5 cm³/mol. The lowest BCUT2D eigenvalue weighted by atomic mass is 9.89. The minimum Gasteiger partial charge on any atom is -0.481 e. The maximum absolute atomic E-state index is 11.1. The van der Waals surface area contributed by atoms with Gasteiger partial charge in [0.2, 0.25) is 0 Å². The van der Waals surface area contributed by atoms with Crippen molar-refractivity contribution in [3.8, 4) is 0 Å². The lowest BCUT2D eigenvalue weighted by Gasteiger charge is -2.18. The Morgan fingerprint density at radius 3 is 2.75 bits per heavy atom. The third kappa shape index (κ3) is 3.22. The zero-order valence-electron chi connectivity index (χ0n) is 11.3. The molecule has 0 aromatic heterocycles. The smallest absolute Gasteiger partial charge is 0.303 e. The first-order chi connectivity index (χ1) is 9.65. The molecule has 0 bridgehead atoms. The quantitative estimate of drug-likeness (QED) is 0.836. The molecule has 1 aromatic carbocycles. The van der Waals surface area contributed by atoms with Crippen molar-refractivity contribution in [3.63, 3.8) is 0 Å². The van der Waals surface area contributed by atoms with Crippen molar-refractivity contribution in [1.82, 2.24) is 0 Å². The van der Waals surface area contributed by atoms with E-state index in [2.05, 4.69) is 34.1 Å². The number of aliphatic carboxylic acids is 1. The van der Waals surface area contributed by atoms with E-state index in [0.717, 1.165) is 0 Å². The summed E-state index contributed by atoms with van der Waals surface area (Å²) in [7, 11) is 0. The molecule has 20 heavy (non-hydrogen) atoms. The van der Waals surface area contributed by atoms with Crippen LogP contribution in [0.3, 0.4) is 0 Å². The van der Waals surface area contributed by atoms with Crippen LogP contribution < -0.4 is 0 Å². The van der Waals surface area contributed by atoms with Gasteiger partial charge in [0.15, 0.2) is 0 Å². The Hall–Kier alpha value is -0.480. The third-order valence-corrected chi connectivity index (χ3v) is 6.26. The number of carboxylic acid groups (broad SMARTS) is 1. The average Bonchev–Trinajstić information content (AvgIpc) is 3.11. The van der Waals surface area contributed by atoms with Crippen LogP contribution in [0.5, 0.6) is 0 Å². The predicted octanol–water partition coefficient (Wildman–Crippen LogP) is 4.64. The summed E-state index contributed by atoms with van der Waals surface area (Å²) < 4.78 is 1.17. The van der Waals surface area contributed by atoms with E-state index in [-0.39, 0.29) is 12.3 Å². The van der Waals surface area contributed by atoms with E-state index in [4.69, 9.17) is 5.11 Å². The molecule has 1 heterocycles. The van der Waals surface area contributed by atoms with Crippen LogP contribution in [0.1, 0.15) is 48.6 Å². The topological polar surface area (TPSA) is 37.3 Å². The molecule has 1 N–H and O–H groups in total. The lowest BCUT2D eigenvalue weighted by Crippen LogP contribution is -2.09. The summed E-state index contributed by atoms with van der Waals surface area (Å²) in [6.07, 6.45) is 3.87. The molecule has 1 aliphatic heterocycles. The molecule has 1 aromatic rings. The monoisotopic (exact) mass is 354 g/mol. The van der Waals surface area contributed by atoms with Crippen LogP contribution in [-0.2, 0) is 4.79 Å². The molecule has 4 heteroatoms. The summed E-state index contributed by atoms with van der Waals surface area (Å²) in [5.41, 5.74) is 2.58. The number of thioether (sulfide) groups is 1. The molecular weight excluding hydrogens is 336 g/mol. The van der Waals surface area contributed by atoms with Crippen molar-refractivity contribution in [3.05, 3.63) is 33.8 Å². The number of carbonyl (C=O) groups is 1. The Balaban J connectivity index is 1.82. The van der Waals surface area contributed by atoms with E-state index in [9.17, 15) is 4.79 Å². The molecule has 2 unspecified atom stereocenters. The second kappa shape index (κ2) is 6.10. The molecule has 1 aliphatic carbocycles. The van der Waals surface area contributed by atoms with Crippen LogP contribution in [0, 0.1) is 5.92 Å². The van der Waals surface area contributed by atoms with Gasteiger partial charge < -0.3 is 5.11 Å². The van der Waals surface area contributed by atoms with Crippen LogP contribution in [-0.4, -0.2) is 22.6 Å². The van der Waals surface area contributed by atoms with Gasteiger partial charge in [-0.2, -0.15) is 11.8 Å². The molecular formula is C16H19BrO2S. The van der Waals surface area contributed by atoms with Crippen molar-refractivity contribution in [2.45, 2.75) is 37.5 Å². The van der Waals surface area contributed by atoms with Gasteiger partial charge in [-0.25, -0.2) is 0 Å². The fourth-order valence-corrected chi connectivity index (χ4v) is 5.10. The number of halogens is 1. The van der Waals surface area contributed by atoms with Crippen molar-refractivity contribution in [2.24, 2.45) is 5.92 Å². The standard InChI is InChI=1S/C16H19BrO2S/c17-15-7-11(14(8-16(18)19)10-1-2-10)3-4-13(15)12-5-6-20-9-12/h3-4,7,10,12,14H,1-2,5-6,8-9H2,(H,18,19). The summed E-state index contributed by atoms with van der Waals surface area (Å²) in [6.45, 7) is 0. The Kier molecular flexibility index (Phi) is 4.41. The van der Waals surface area contributed by atoms with E-state index < -0.39 is 5.97 Å². The summed E-state index contributed by atoms with van der Waals surface area (Å²) in [5, 5.41) is 9.10. The van der Waals surface area contributed by atoms with Gasteiger partial charge in [0, 0.05) is 10.2 Å². The highest BCUT2D eigenvalue weighted by Gasteiger charge is 2.34. The van der Waals surface area contributed by atoms with Crippen LogP contribution in [0.4, 0.5) is 0 Å². The van der Waals surface area contributed by atoms with Gasteiger partial charge in [0.1, 0.15) is 0 Å². The van der Waals surface area contributed by atoms with Crippen LogP contribution in [0.15, 0.2) is 22.7 Å². The second-order valence-electron chi connectivity index (χ2n) is 5.88. The van der Waals surface area contributed by atoms with Crippen LogP contribution in [0.2, 0.25) is 0 Å². The Morgan fingerprint density at radius 2 is 2.20 bits per heavy atom. The van der Waals surface area contributed by atoms with Gasteiger partial charge in [-0.15, -0.1) is 0 Å². The van der Waals surface area contributed by atoms with Gasteiger partial charge >= 0.3 is 5.97 Å².